The summed E-state index contributed by atoms with van der Waals surface area (Å²) in [7, 11) is 0. The van der Waals surface area contributed by atoms with Crippen LogP contribution in [0.15, 0.2) is 77.3 Å². The van der Waals surface area contributed by atoms with Gasteiger partial charge < -0.3 is 10.1 Å². The fourth-order valence-electron chi connectivity index (χ4n) is 3.90. The molecule has 0 radical (unpaired) electrons. The maximum atomic E-state index is 13.1. The molecular weight excluding hydrogens is 492 g/mol. The Balaban J connectivity index is 1.56. The number of benzene rings is 3. The third-order valence-corrected chi connectivity index (χ3v) is 6.20. The second kappa shape index (κ2) is 10.6. The lowest BCUT2D eigenvalue weighted by molar-refractivity contribution is -0.119. The van der Waals surface area contributed by atoms with Crippen molar-refractivity contribution >= 4 is 44.4 Å². The predicted octanol–water partition coefficient (Wildman–Crippen LogP) is 6.58. The number of pyridine rings is 1. The van der Waals surface area contributed by atoms with Gasteiger partial charge in [-0.2, -0.15) is 0 Å². The molecule has 1 heterocycles. The summed E-state index contributed by atoms with van der Waals surface area (Å²) in [6.07, 6.45) is 1.59. The highest BCUT2D eigenvalue weighted by atomic mass is 79.9. The molecule has 0 aliphatic carbocycles. The van der Waals surface area contributed by atoms with E-state index in [0.29, 0.717) is 22.2 Å². The average Bonchev–Trinajstić information content (AvgIpc) is 2.87. The van der Waals surface area contributed by atoms with Gasteiger partial charge in [-0.1, -0.05) is 78.3 Å². The van der Waals surface area contributed by atoms with Gasteiger partial charge in [0.15, 0.2) is 6.61 Å². The zero-order valence-electron chi connectivity index (χ0n) is 19.1. The summed E-state index contributed by atoms with van der Waals surface area (Å²) < 4.78 is 6.40. The van der Waals surface area contributed by atoms with Crippen LogP contribution in [0.5, 0.6) is 0 Å². The van der Waals surface area contributed by atoms with Crippen molar-refractivity contribution in [1.29, 1.82) is 0 Å². The number of halogens is 1. The summed E-state index contributed by atoms with van der Waals surface area (Å²) in [4.78, 5) is 30.4. The number of para-hydroxylation sites is 2. The Kier molecular flexibility index (Phi) is 7.38. The summed E-state index contributed by atoms with van der Waals surface area (Å²) in [6.45, 7) is 3.72. The molecule has 0 atom stereocenters. The van der Waals surface area contributed by atoms with Gasteiger partial charge in [0.1, 0.15) is 0 Å². The Labute approximate surface area is 207 Å². The highest BCUT2D eigenvalue weighted by Gasteiger charge is 2.17. The predicted molar refractivity (Wildman–Crippen MR) is 139 cm³/mol. The van der Waals surface area contributed by atoms with Crippen molar-refractivity contribution in [3.8, 4) is 11.3 Å². The van der Waals surface area contributed by atoms with Gasteiger partial charge in [-0.15, -0.1) is 0 Å². The molecule has 4 aromatic rings. The van der Waals surface area contributed by atoms with Crippen molar-refractivity contribution in [3.05, 3.63) is 94.0 Å². The lowest BCUT2D eigenvalue weighted by Crippen LogP contribution is -2.22. The van der Waals surface area contributed by atoms with Crippen LogP contribution >= 0.6 is 15.9 Å². The molecule has 5 nitrogen and oxygen atoms in total. The normalized spacial score (nSPS) is 10.8. The number of nitrogens with one attached hydrogen (secondary N) is 1. The molecule has 6 heteroatoms. The number of carbonyl (C=O) groups is 2. The number of hydrogen-bond acceptors (Lipinski definition) is 4. The topological polar surface area (TPSA) is 68.3 Å². The van der Waals surface area contributed by atoms with E-state index in [9.17, 15) is 9.59 Å². The second-order valence-electron chi connectivity index (χ2n) is 7.86. The van der Waals surface area contributed by atoms with Crippen LogP contribution in [0.25, 0.3) is 22.2 Å². The molecule has 0 fully saturated rings. The van der Waals surface area contributed by atoms with E-state index in [1.807, 2.05) is 80.6 Å². The van der Waals surface area contributed by atoms with Gasteiger partial charge in [-0.25, -0.2) is 9.78 Å². The van der Waals surface area contributed by atoms with Crippen molar-refractivity contribution in [2.45, 2.75) is 26.7 Å². The minimum Gasteiger partial charge on any atom is -0.452 e. The summed E-state index contributed by atoms with van der Waals surface area (Å²) in [5.41, 5.74) is 5.51. The molecule has 0 saturated heterocycles. The first-order valence-electron chi connectivity index (χ1n) is 11.2. The maximum absolute atomic E-state index is 13.1. The second-order valence-corrected chi connectivity index (χ2v) is 8.78. The molecule has 0 spiro atoms. The van der Waals surface area contributed by atoms with Crippen molar-refractivity contribution < 1.29 is 14.3 Å². The third kappa shape index (κ3) is 5.18. The number of amides is 1. The van der Waals surface area contributed by atoms with Gasteiger partial charge in [0, 0.05) is 21.1 Å². The zero-order chi connectivity index (χ0) is 24.1. The van der Waals surface area contributed by atoms with Gasteiger partial charge in [0.2, 0.25) is 0 Å². The molecule has 4 rings (SSSR count). The smallest absolute Gasteiger partial charge is 0.339 e. The molecule has 0 saturated carbocycles. The van der Waals surface area contributed by atoms with E-state index in [-0.39, 0.29) is 12.5 Å². The first-order chi connectivity index (χ1) is 16.5. The largest absolute Gasteiger partial charge is 0.452 e. The number of anilines is 1. The van der Waals surface area contributed by atoms with Gasteiger partial charge in [0.05, 0.1) is 16.8 Å². The van der Waals surface area contributed by atoms with E-state index in [1.165, 1.54) is 0 Å². The van der Waals surface area contributed by atoms with Crippen LogP contribution in [-0.2, 0) is 22.4 Å². The number of aromatic nitrogens is 1. The monoisotopic (exact) mass is 516 g/mol. The summed E-state index contributed by atoms with van der Waals surface area (Å²) in [6, 6.07) is 22.8. The van der Waals surface area contributed by atoms with Gasteiger partial charge in [-0.05, 0) is 48.2 Å². The number of nitrogens with zero attached hydrogens (tertiary/aromatic N) is 1. The van der Waals surface area contributed by atoms with E-state index in [2.05, 4.69) is 21.2 Å². The van der Waals surface area contributed by atoms with Crippen molar-refractivity contribution in [1.82, 2.24) is 4.98 Å². The van der Waals surface area contributed by atoms with Crippen molar-refractivity contribution in [2.75, 3.05) is 11.9 Å². The van der Waals surface area contributed by atoms with Crippen LogP contribution in [0.3, 0.4) is 0 Å². The van der Waals surface area contributed by atoms with Gasteiger partial charge in [0.25, 0.3) is 5.91 Å². The van der Waals surface area contributed by atoms with E-state index < -0.39 is 5.97 Å². The summed E-state index contributed by atoms with van der Waals surface area (Å²) in [5, 5.41) is 3.61. The molecule has 172 valence electrons. The molecule has 1 N–H and O–H groups in total. The highest BCUT2D eigenvalue weighted by Crippen LogP contribution is 2.27. The highest BCUT2D eigenvalue weighted by molar-refractivity contribution is 9.10. The number of fused-ring (bicyclic) bond motifs is 1. The summed E-state index contributed by atoms with van der Waals surface area (Å²) in [5.74, 6) is -0.929. The first-order valence-corrected chi connectivity index (χ1v) is 12.0. The first kappa shape index (κ1) is 23.6. The number of esters is 1. The van der Waals surface area contributed by atoms with E-state index >= 15 is 0 Å². The van der Waals surface area contributed by atoms with Crippen molar-refractivity contribution in [3.63, 3.8) is 0 Å². The molecule has 1 aromatic heterocycles. The van der Waals surface area contributed by atoms with E-state index in [1.54, 1.807) is 6.07 Å². The van der Waals surface area contributed by atoms with Gasteiger partial charge >= 0.3 is 5.97 Å². The SMILES string of the molecule is CCc1cccc(CC)c1NC(=O)COC(=O)c1cc(-c2ccc(Br)cc2)nc2ccccc12. The van der Waals surface area contributed by atoms with E-state index in [4.69, 9.17) is 9.72 Å². The number of carbonyl (C=O) groups excluding carboxylic acids is 2. The fourth-order valence-corrected chi connectivity index (χ4v) is 4.16. The Morgan fingerprint density at radius 3 is 2.26 bits per heavy atom. The molecule has 3 aromatic carbocycles. The van der Waals surface area contributed by atoms with Crippen molar-refractivity contribution in [2.24, 2.45) is 0 Å². The number of ether oxygens (including phenoxy) is 1. The Bertz CT molecular complexity index is 1330. The van der Waals surface area contributed by atoms with Crippen LogP contribution in [0, 0.1) is 0 Å². The van der Waals surface area contributed by atoms with E-state index in [0.717, 1.165) is 39.7 Å². The van der Waals surface area contributed by atoms with Crippen LogP contribution in [0.4, 0.5) is 5.69 Å². The lowest BCUT2D eigenvalue weighted by Gasteiger charge is -2.15. The Hall–Kier alpha value is -3.51. The van der Waals surface area contributed by atoms with Crippen LogP contribution in [0.2, 0.25) is 0 Å². The third-order valence-electron chi connectivity index (χ3n) is 5.67. The number of hydrogen-bond donors (Lipinski definition) is 1. The maximum Gasteiger partial charge on any atom is 0.339 e. The number of rotatable bonds is 7. The lowest BCUT2D eigenvalue weighted by atomic mass is 10.0. The molecule has 0 unspecified atom stereocenters. The quantitative estimate of drug-likeness (QED) is 0.281. The van der Waals surface area contributed by atoms with Crippen LogP contribution < -0.4 is 5.32 Å². The zero-order valence-corrected chi connectivity index (χ0v) is 20.7. The Morgan fingerprint density at radius 1 is 0.912 bits per heavy atom. The standard InChI is InChI=1S/C28H25BrN2O3/c1-3-18-8-7-9-19(4-2)27(18)31-26(32)17-34-28(33)23-16-25(20-12-14-21(29)15-13-20)30-24-11-6-5-10-22(23)24/h5-16H,3-4,17H2,1-2H3,(H,31,32). The Morgan fingerprint density at radius 2 is 1.59 bits per heavy atom. The van der Waals surface area contributed by atoms with Gasteiger partial charge in [-0.3, -0.25) is 4.79 Å². The molecular formula is C28H25BrN2O3. The fraction of sp³-hybridized carbons (Fsp3) is 0.179. The molecule has 0 aliphatic rings. The summed E-state index contributed by atoms with van der Waals surface area (Å²) >= 11 is 3.44. The van der Waals surface area contributed by atoms with Crippen LogP contribution in [-0.4, -0.2) is 23.5 Å². The molecule has 0 aliphatic heterocycles. The number of aryl methyl sites for hydroxylation is 2. The molecule has 0 bridgehead atoms. The van der Waals surface area contributed by atoms with Crippen LogP contribution in [0.1, 0.15) is 35.3 Å². The molecule has 34 heavy (non-hydrogen) atoms. The average molecular weight is 517 g/mol. The minimum absolute atomic E-state index is 0.365. The molecule has 1 amide bonds. The minimum atomic E-state index is -0.563.